The first-order chi connectivity index (χ1) is 11.7. The summed E-state index contributed by atoms with van der Waals surface area (Å²) >= 11 is 6.16. The lowest BCUT2D eigenvalue weighted by Crippen LogP contribution is -2.39. The average molecular weight is 384 g/mol. The van der Waals surface area contributed by atoms with Crippen LogP contribution in [-0.4, -0.2) is 52.5 Å². The minimum Gasteiger partial charge on any atom is -0.337 e. The minimum atomic E-state index is -0.0552. The molecule has 1 saturated heterocycles. The van der Waals surface area contributed by atoms with Crippen LogP contribution in [-0.2, 0) is 0 Å². The Balaban J connectivity index is 0.00000225. The maximum Gasteiger partial charge on any atom is 0.276 e. The van der Waals surface area contributed by atoms with Gasteiger partial charge in [0, 0.05) is 13.1 Å². The van der Waals surface area contributed by atoms with Gasteiger partial charge in [-0.15, -0.1) is 17.5 Å². The van der Waals surface area contributed by atoms with E-state index in [2.05, 4.69) is 15.6 Å². The maximum absolute atomic E-state index is 12.6. The van der Waals surface area contributed by atoms with E-state index in [1.54, 1.807) is 16.9 Å². The molecule has 1 aromatic heterocycles. The topological polar surface area (TPSA) is 63.1 Å². The lowest BCUT2D eigenvalue weighted by molar-refractivity contribution is 0.0681. The van der Waals surface area contributed by atoms with Gasteiger partial charge in [0.25, 0.3) is 5.91 Å². The van der Waals surface area contributed by atoms with Crippen molar-refractivity contribution in [2.45, 2.75) is 19.3 Å². The highest BCUT2D eigenvalue weighted by molar-refractivity contribution is 6.32. The summed E-state index contributed by atoms with van der Waals surface area (Å²) in [4.78, 5) is 14.5. The SMILES string of the molecule is CNCCC1CCN(C(=O)c2cn(-c3ccccc3Cl)nn2)CC1.Cl. The quantitative estimate of drug-likeness (QED) is 0.861. The Hall–Kier alpha value is -1.63. The molecule has 1 amide bonds. The van der Waals surface area contributed by atoms with Gasteiger partial charge in [0.15, 0.2) is 5.69 Å². The smallest absolute Gasteiger partial charge is 0.276 e. The van der Waals surface area contributed by atoms with Crippen molar-refractivity contribution in [3.8, 4) is 5.69 Å². The summed E-state index contributed by atoms with van der Waals surface area (Å²) in [6.07, 6.45) is 4.91. The Morgan fingerprint density at radius 2 is 2.04 bits per heavy atom. The number of hydrogen-bond acceptors (Lipinski definition) is 4. The van der Waals surface area contributed by atoms with E-state index >= 15 is 0 Å². The van der Waals surface area contributed by atoms with E-state index in [-0.39, 0.29) is 18.3 Å². The molecule has 0 radical (unpaired) electrons. The van der Waals surface area contributed by atoms with Crippen molar-refractivity contribution in [1.82, 2.24) is 25.2 Å². The predicted molar refractivity (Wildman–Crippen MR) is 101 cm³/mol. The van der Waals surface area contributed by atoms with E-state index in [4.69, 9.17) is 11.6 Å². The van der Waals surface area contributed by atoms with Gasteiger partial charge in [0.1, 0.15) is 0 Å². The molecule has 1 aromatic carbocycles. The van der Waals surface area contributed by atoms with E-state index in [1.807, 2.05) is 30.1 Å². The number of halogens is 2. The summed E-state index contributed by atoms with van der Waals surface area (Å²) in [6.45, 7) is 2.60. The van der Waals surface area contributed by atoms with Gasteiger partial charge in [-0.05, 0) is 50.9 Å². The summed E-state index contributed by atoms with van der Waals surface area (Å²) < 4.78 is 1.55. The Labute approximate surface area is 158 Å². The van der Waals surface area contributed by atoms with Gasteiger partial charge in [0.05, 0.1) is 16.9 Å². The molecule has 1 fully saturated rings. The number of nitrogens with one attached hydrogen (secondary N) is 1. The zero-order chi connectivity index (χ0) is 16.9. The number of benzene rings is 1. The number of carbonyl (C=O) groups excluding carboxylic acids is 1. The molecule has 2 aromatic rings. The third-order valence-corrected chi connectivity index (χ3v) is 4.84. The third kappa shape index (κ3) is 4.71. The number of likely N-dealkylation sites (tertiary alicyclic amines) is 1. The van der Waals surface area contributed by atoms with E-state index in [0.717, 1.165) is 38.2 Å². The van der Waals surface area contributed by atoms with Crippen LogP contribution in [0.1, 0.15) is 29.8 Å². The maximum atomic E-state index is 12.6. The van der Waals surface area contributed by atoms with Crippen molar-refractivity contribution in [2.75, 3.05) is 26.7 Å². The first kappa shape index (κ1) is 19.7. The van der Waals surface area contributed by atoms with Crippen LogP contribution in [0.3, 0.4) is 0 Å². The molecular formula is C17H23Cl2N5O. The fraction of sp³-hybridized carbons (Fsp3) is 0.471. The van der Waals surface area contributed by atoms with E-state index < -0.39 is 0 Å². The van der Waals surface area contributed by atoms with Crippen molar-refractivity contribution in [3.63, 3.8) is 0 Å². The van der Waals surface area contributed by atoms with E-state index in [9.17, 15) is 4.79 Å². The van der Waals surface area contributed by atoms with Gasteiger partial charge in [-0.3, -0.25) is 4.79 Å². The van der Waals surface area contributed by atoms with Crippen molar-refractivity contribution in [1.29, 1.82) is 0 Å². The zero-order valence-electron chi connectivity index (χ0n) is 14.2. The fourth-order valence-corrected chi connectivity index (χ4v) is 3.27. The summed E-state index contributed by atoms with van der Waals surface area (Å²) in [5.41, 5.74) is 1.08. The summed E-state index contributed by atoms with van der Waals surface area (Å²) in [5, 5.41) is 11.8. The zero-order valence-corrected chi connectivity index (χ0v) is 15.8. The Morgan fingerprint density at radius 3 is 2.72 bits per heavy atom. The molecule has 2 heterocycles. The average Bonchev–Trinajstić information content (AvgIpc) is 3.10. The minimum absolute atomic E-state index is 0. The predicted octanol–water partition coefficient (Wildman–Crippen LogP) is 2.80. The van der Waals surface area contributed by atoms with Crippen molar-refractivity contribution in [2.24, 2.45) is 5.92 Å². The van der Waals surface area contributed by atoms with Crippen LogP contribution in [0.2, 0.25) is 5.02 Å². The van der Waals surface area contributed by atoms with Gasteiger partial charge >= 0.3 is 0 Å². The Kier molecular flexibility index (Phi) is 7.23. The first-order valence-electron chi connectivity index (χ1n) is 8.30. The van der Waals surface area contributed by atoms with Gasteiger partial charge < -0.3 is 10.2 Å². The van der Waals surface area contributed by atoms with Crippen LogP contribution in [0.5, 0.6) is 0 Å². The summed E-state index contributed by atoms with van der Waals surface area (Å²) in [6, 6.07) is 7.36. The molecule has 0 atom stereocenters. The third-order valence-electron chi connectivity index (χ3n) is 4.52. The molecule has 3 rings (SSSR count). The molecule has 25 heavy (non-hydrogen) atoms. The Morgan fingerprint density at radius 1 is 1.32 bits per heavy atom. The highest BCUT2D eigenvalue weighted by Crippen LogP contribution is 2.22. The molecule has 0 unspecified atom stereocenters. The standard InChI is InChI=1S/C17H22ClN5O.ClH/c1-19-9-6-13-7-10-22(11-8-13)17(24)15-12-23(21-20-15)16-5-3-2-4-14(16)18;/h2-5,12-13,19H,6-11H2,1H3;1H. The largest absolute Gasteiger partial charge is 0.337 e. The second-order valence-electron chi connectivity index (χ2n) is 6.13. The van der Waals surface area contributed by atoms with Crippen LogP contribution in [0.25, 0.3) is 5.69 Å². The van der Waals surface area contributed by atoms with Crippen LogP contribution >= 0.6 is 24.0 Å². The number of hydrogen-bond donors (Lipinski definition) is 1. The van der Waals surface area contributed by atoms with Crippen molar-refractivity contribution in [3.05, 3.63) is 41.2 Å². The summed E-state index contributed by atoms with van der Waals surface area (Å²) in [7, 11) is 1.97. The molecule has 0 saturated carbocycles. The van der Waals surface area contributed by atoms with Crippen LogP contribution in [0.15, 0.2) is 30.5 Å². The van der Waals surface area contributed by atoms with Crippen molar-refractivity contribution < 1.29 is 4.79 Å². The molecular weight excluding hydrogens is 361 g/mol. The van der Waals surface area contributed by atoms with Gasteiger partial charge in [0.2, 0.25) is 0 Å². The molecule has 1 N–H and O–H groups in total. The highest BCUT2D eigenvalue weighted by atomic mass is 35.5. The second kappa shape index (κ2) is 9.17. The van der Waals surface area contributed by atoms with Crippen LogP contribution in [0, 0.1) is 5.92 Å². The number of carbonyl (C=O) groups is 1. The molecule has 8 heteroatoms. The van der Waals surface area contributed by atoms with E-state index in [0.29, 0.717) is 16.6 Å². The summed E-state index contributed by atoms with van der Waals surface area (Å²) in [5.74, 6) is 0.640. The molecule has 1 aliphatic rings. The molecule has 0 spiro atoms. The van der Waals surface area contributed by atoms with Gasteiger partial charge in [-0.2, -0.15) is 0 Å². The lowest BCUT2D eigenvalue weighted by atomic mass is 9.93. The van der Waals surface area contributed by atoms with Gasteiger partial charge in [-0.1, -0.05) is 28.9 Å². The second-order valence-corrected chi connectivity index (χ2v) is 6.53. The fourth-order valence-electron chi connectivity index (χ4n) is 3.05. The number of para-hydroxylation sites is 1. The van der Waals surface area contributed by atoms with E-state index in [1.165, 1.54) is 6.42 Å². The Bertz CT molecular complexity index is 698. The van der Waals surface area contributed by atoms with Crippen LogP contribution < -0.4 is 5.32 Å². The van der Waals surface area contributed by atoms with Crippen molar-refractivity contribution >= 4 is 29.9 Å². The molecule has 0 bridgehead atoms. The lowest BCUT2D eigenvalue weighted by Gasteiger charge is -2.31. The molecule has 136 valence electrons. The number of nitrogens with zero attached hydrogens (tertiary/aromatic N) is 4. The highest BCUT2D eigenvalue weighted by Gasteiger charge is 2.25. The van der Waals surface area contributed by atoms with Crippen LogP contribution in [0.4, 0.5) is 0 Å². The number of rotatable bonds is 5. The first-order valence-corrected chi connectivity index (χ1v) is 8.68. The number of aromatic nitrogens is 3. The molecule has 0 aliphatic carbocycles. The number of amides is 1. The number of piperidine rings is 1. The molecule has 6 nitrogen and oxygen atoms in total. The molecule has 1 aliphatic heterocycles. The monoisotopic (exact) mass is 383 g/mol. The normalized spacial score (nSPS) is 15.0. The van der Waals surface area contributed by atoms with Gasteiger partial charge in [-0.25, -0.2) is 4.68 Å².